The van der Waals surface area contributed by atoms with Crippen molar-refractivity contribution < 1.29 is 4.79 Å². The Morgan fingerprint density at radius 2 is 2.00 bits per heavy atom. The van der Waals surface area contributed by atoms with Crippen LogP contribution in [-0.2, 0) is 4.79 Å². The van der Waals surface area contributed by atoms with Gasteiger partial charge in [-0.2, -0.15) is 0 Å². The Balaban J connectivity index is 2.09. The number of likely N-dealkylation sites (tertiary alicyclic amines) is 1. The van der Waals surface area contributed by atoms with Gasteiger partial charge in [-0.25, -0.2) is 0 Å². The zero-order valence-electron chi connectivity index (χ0n) is 11.9. The number of rotatable bonds is 4. The fourth-order valence-electron chi connectivity index (χ4n) is 3.77. The van der Waals surface area contributed by atoms with Crippen molar-refractivity contribution >= 4 is 23.1 Å². The lowest BCUT2D eigenvalue weighted by Gasteiger charge is -2.45. The van der Waals surface area contributed by atoms with Gasteiger partial charge in [0, 0.05) is 12.6 Å². The summed E-state index contributed by atoms with van der Waals surface area (Å²) in [5.74, 6) is 0.687. The van der Waals surface area contributed by atoms with Crippen molar-refractivity contribution in [3.63, 3.8) is 0 Å². The third-order valence-corrected chi connectivity index (χ3v) is 5.03. The molecule has 0 radical (unpaired) electrons. The molecule has 1 aliphatic heterocycles. The Bertz CT molecular complexity index is 343. The second-order valence-corrected chi connectivity index (χ2v) is 6.50. The van der Waals surface area contributed by atoms with Gasteiger partial charge in [0.15, 0.2) is 0 Å². The van der Waals surface area contributed by atoms with E-state index in [1.807, 2.05) is 0 Å². The molecule has 19 heavy (non-hydrogen) atoms. The van der Waals surface area contributed by atoms with Crippen molar-refractivity contribution in [1.82, 2.24) is 4.90 Å². The molecule has 0 aromatic heterocycles. The van der Waals surface area contributed by atoms with Crippen LogP contribution in [0.3, 0.4) is 0 Å². The molecular weight excluding hydrogens is 256 g/mol. The van der Waals surface area contributed by atoms with Crippen LogP contribution in [0.2, 0.25) is 0 Å². The molecular formula is C15H26N2OS. The molecule has 3 nitrogen and oxygen atoms in total. The summed E-state index contributed by atoms with van der Waals surface area (Å²) < 4.78 is 0. The summed E-state index contributed by atoms with van der Waals surface area (Å²) in [6, 6.07) is 0.462. The minimum absolute atomic E-state index is 0.200. The lowest BCUT2D eigenvalue weighted by molar-refractivity contribution is -0.139. The van der Waals surface area contributed by atoms with E-state index in [9.17, 15) is 4.79 Å². The van der Waals surface area contributed by atoms with Gasteiger partial charge in [0.05, 0.1) is 10.9 Å². The number of nitrogens with zero attached hydrogens (tertiary/aromatic N) is 1. The summed E-state index contributed by atoms with van der Waals surface area (Å²) in [6.07, 6.45) is 9.24. The summed E-state index contributed by atoms with van der Waals surface area (Å²) in [5.41, 5.74) is 5.78. The van der Waals surface area contributed by atoms with Gasteiger partial charge in [-0.1, -0.05) is 38.4 Å². The van der Waals surface area contributed by atoms with Crippen LogP contribution in [0, 0.1) is 11.8 Å². The fourth-order valence-corrected chi connectivity index (χ4v) is 3.99. The van der Waals surface area contributed by atoms with Gasteiger partial charge in [0.1, 0.15) is 0 Å². The maximum Gasteiger partial charge on any atom is 0.232 e. The van der Waals surface area contributed by atoms with Crippen molar-refractivity contribution in [1.29, 1.82) is 0 Å². The van der Waals surface area contributed by atoms with Crippen molar-refractivity contribution in [2.24, 2.45) is 17.6 Å². The first kappa shape index (κ1) is 14.8. The number of amides is 1. The van der Waals surface area contributed by atoms with E-state index in [0.717, 1.165) is 31.7 Å². The summed E-state index contributed by atoms with van der Waals surface area (Å²) in [4.78, 5) is 15.2. The highest BCUT2D eigenvalue weighted by Crippen LogP contribution is 2.36. The molecule has 0 aromatic rings. The topological polar surface area (TPSA) is 46.3 Å². The average Bonchev–Trinajstić information content (AvgIpc) is 2.43. The monoisotopic (exact) mass is 282 g/mol. The molecule has 3 unspecified atom stereocenters. The van der Waals surface area contributed by atoms with E-state index in [2.05, 4.69) is 11.8 Å². The van der Waals surface area contributed by atoms with Crippen LogP contribution in [0.5, 0.6) is 0 Å². The van der Waals surface area contributed by atoms with E-state index in [-0.39, 0.29) is 11.8 Å². The molecule has 0 spiro atoms. The van der Waals surface area contributed by atoms with Crippen LogP contribution >= 0.6 is 12.2 Å². The van der Waals surface area contributed by atoms with Crippen LogP contribution in [0.25, 0.3) is 0 Å². The molecule has 2 rings (SSSR count). The van der Waals surface area contributed by atoms with Gasteiger partial charge in [0.25, 0.3) is 0 Å². The van der Waals surface area contributed by atoms with E-state index in [4.69, 9.17) is 18.0 Å². The predicted molar refractivity (Wildman–Crippen MR) is 81.9 cm³/mol. The number of carbonyl (C=O) groups is 1. The normalized spacial score (nSPS) is 28.6. The molecule has 1 saturated heterocycles. The van der Waals surface area contributed by atoms with Crippen LogP contribution in [0.1, 0.15) is 58.3 Å². The standard InChI is InChI=1S/C15H26N2OS/c1-2-6-12(14(16)19)15(18)17-10-5-8-11-7-3-4-9-13(11)17/h11-13H,2-10H2,1H3,(H2,16,19). The Hall–Kier alpha value is -0.640. The molecule has 108 valence electrons. The predicted octanol–water partition coefficient (Wildman–Crippen LogP) is 2.87. The summed E-state index contributed by atoms with van der Waals surface area (Å²) in [6.45, 7) is 2.99. The van der Waals surface area contributed by atoms with Gasteiger partial charge < -0.3 is 10.6 Å². The molecule has 1 amide bonds. The molecule has 2 fully saturated rings. The first-order valence-electron chi connectivity index (χ1n) is 7.75. The third kappa shape index (κ3) is 3.28. The second kappa shape index (κ2) is 6.69. The maximum absolute atomic E-state index is 12.7. The van der Waals surface area contributed by atoms with Crippen LogP contribution < -0.4 is 5.73 Å². The first-order valence-corrected chi connectivity index (χ1v) is 8.15. The van der Waals surface area contributed by atoms with Gasteiger partial charge >= 0.3 is 0 Å². The zero-order valence-corrected chi connectivity index (χ0v) is 12.8. The van der Waals surface area contributed by atoms with Crippen LogP contribution in [0.4, 0.5) is 0 Å². The summed E-state index contributed by atoms with van der Waals surface area (Å²) in [5, 5.41) is 0. The van der Waals surface area contributed by atoms with Gasteiger partial charge in [-0.15, -0.1) is 0 Å². The molecule has 1 aliphatic carbocycles. The Kier molecular flexibility index (Phi) is 5.20. The maximum atomic E-state index is 12.7. The van der Waals surface area contributed by atoms with Crippen LogP contribution in [-0.4, -0.2) is 28.4 Å². The lowest BCUT2D eigenvalue weighted by Crippen LogP contribution is -2.53. The highest BCUT2D eigenvalue weighted by Gasteiger charge is 2.38. The lowest BCUT2D eigenvalue weighted by atomic mass is 9.78. The van der Waals surface area contributed by atoms with Crippen LogP contribution in [0.15, 0.2) is 0 Å². The van der Waals surface area contributed by atoms with Gasteiger partial charge in [-0.05, 0) is 38.0 Å². The largest absolute Gasteiger partial charge is 0.393 e. The molecule has 2 N–H and O–H groups in total. The minimum atomic E-state index is -0.235. The molecule has 1 saturated carbocycles. The molecule has 4 heteroatoms. The molecule has 1 heterocycles. The SMILES string of the molecule is CCCC(C(=O)N1CCCC2CCCCC21)C(N)=S. The van der Waals surface area contributed by atoms with Crippen molar-refractivity contribution in [3.8, 4) is 0 Å². The van der Waals surface area contributed by atoms with Gasteiger partial charge in [-0.3, -0.25) is 4.79 Å². The Morgan fingerprint density at radius 3 is 2.68 bits per heavy atom. The summed E-state index contributed by atoms with van der Waals surface area (Å²) >= 11 is 5.10. The molecule has 3 atom stereocenters. The van der Waals surface area contributed by atoms with E-state index >= 15 is 0 Å². The smallest absolute Gasteiger partial charge is 0.232 e. The minimum Gasteiger partial charge on any atom is -0.393 e. The number of nitrogens with two attached hydrogens (primary N) is 1. The quantitative estimate of drug-likeness (QED) is 0.807. The molecule has 0 bridgehead atoms. The Morgan fingerprint density at radius 1 is 1.32 bits per heavy atom. The number of fused-ring (bicyclic) bond motifs is 1. The number of carbonyl (C=O) groups excluding carboxylic acids is 1. The van der Waals surface area contributed by atoms with E-state index < -0.39 is 0 Å². The summed E-state index contributed by atoms with van der Waals surface area (Å²) in [7, 11) is 0. The van der Waals surface area contributed by atoms with Crippen molar-refractivity contribution in [3.05, 3.63) is 0 Å². The van der Waals surface area contributed by atoms with Gasteiger partial charge in [0.2, 0.25) is 5.91 Å². The Labute approximate surface area is 121 Å². The first-order chi connectivity index (χ1) is 9.15. The van der Waals surface area contributed by atoms with E-state index in [1.165, 1.54) is 32.1 Å². The third-order valence-electron chi connectivity index (χ3n) is 4.75. The van der Waals surface area contributed by atoms with E-state index in [1.54, 1.807) is 0 Å². The fraction of sp³-hybridized carbons (Fsp3) is 0.867. The average molecular weight is 282 g/mol. The van der Waals surface area contributed by atoms with Crippen molar-refractivity contribution in [2.75, 3.05) is 6.54 Å². The highest BCUT2D eigenvalue weighted by molar-refractivity contribution is 7.80. The van der Waals surface area contributed by atoms with E-state index in [0.29, 0.717) is 11.0 Å². The zero-order chi connectivity index (χ0) is 13.8. The number of thiocarbonyl (C=S) groups is 1. The van der Waals surface area contributed by atoms with Crippen molar-refractivity contribution in [2.45, 2.75) is 64.3 Å². The second-order valence-electron chi connectivity index (χ2n) is 6.03. The number of piperidine rings is 1. The molecule has 0 aromatic carbocycles. The number of hydrogen-bond donors (Lipinski definition) is 1. The molecule has 2 aliphatic rings. The number of hydrogen-bond acceptors (Lipinski definition) is 2. The highest BCUT2D eigenvalue weighted by atomic mass is 32.1.